The summed E-state index contributed by atoms with van der Waals surface area (Å²) in [5.41, 5.74) is 9.10. The maximum atomic E-state index is 14.4. The van der Waals surface area contributed by atoms with E-state index in [1.165, 1.54) is 57.6 Å². The van der Waals surface area contributed by atoms with Crippen molar-refractivity contribution in [2.24, 2.45) is 47.3 Å². The molecular weight excluding hydrogens is 837 g/mol. The molecule has 354 valence electrons. The first-order chi connectivity index (χ1) is 30.9. The number of allylic oxidation sites excluding steroid dienone is 5. The molecule has 0 radical (unpaired) electrons. The van der Waals surface area contributed by atoms with Crippen molar-refractivity contribution in [2.75, 3.05) is 13.7 Å². The van der Waals surface area contributed by atoms with Gasteiger partial charge in [-0.25, -0.2) is 0 Å². The van der Waals surface area contributed by atoms with Gasteiger partial charge in [0.2, 0.25) is 0 Å². The van der Waals surface area contributed by atoms with Gasteiger partial charge >= 0.3 is 35.0 Å². The van der Waals surface area contributed by atoms with Crippen LogP contribution in [0, 0.1) is 61.2 Å². The molecule has 8 bridgehead atoms. The van der Waals surface area contributed by atoms with Crippen LogP contribution in [-0.4, -0.2) is 60.3 Å². The van der Waals surface area contributed by atoms with Crippen molar-refractivity contribution in [3.63, 3.8) is 0 Å². The van der Waals surface area contributed by atoms with E-state index in [1.807, 2.05) is 45.1 Å². The minimum Gasteiger partial charge on any atom is -0.664 e. The van der Waals surface area contributed by atoms with Crippen LogP contribution >= 0.6 is 0 Å². The maximum Gasteiger partial charge on any atom is 2.00 e. The van der Waals surface area contributed by atoms with Crippen molar-refractivity contribution in [1.29, 1.82) is 0 Å². The van der Waals surface area contributed by atoms with E-state index in [0.717, 1.165) is 48.1 Å². The van der Waals surface area contributed by atoms with E-state index in [4.69, 9.17) is 30.1 Å². The fourth-order valence-electron chi connectivity index (χ4n) is 10.6. The average Bonchev–Trinajstić information content (AvgIpc) is 4.00. The van der Waals surface area contributed by atoms with Gasteiger partial charge in [0, 0.05) is 17.5 Å². The van der Waals surface area contributed by atoms with E-state index >= 15 is 0 Å². The smallest absolute Gasteiger partial charge is 0.664 e. The molecule has 3 aliphatic heterocycles. The van der Waals surface area contributed by atoms with E-state index in [9.17, 15) is 19.2 Å². The number of esters is 2. The van der Waals surface area contributed by atoms with Crippen molar-refractivity contribution in [2.45, 2.75) is 153 Å². The first-order valence-electron chi connectivity index (χ1n) is 24.6. The molecule has 0 unspecified atom stereocenters. The van der Waals surface area contributed by atoms with Crippen LogP contribution in [0.1, 0.15) is 194 Å². The number of methoxy groups -OCH3 is 1. The number of carbonyl (C=O) groups is 4. The number of Topliss-reactive ketones (excluding diaryl/α,β-unsaturated/α-hetero) is 2. The summed E-state index contributed by atoms with van der Waals surface area (Å²) < 4.78 is 11.0. The molecule has 0 N–H and O–H groups in total. The third-order valence-corrected chi connectivity index (χ3v) is 14.8. The van der Waals surface area contributed by atoms with Crippen molar-refractivity contribution in [3.8, 4) is 0 Å². The van der Waals surface area contributed by atoms with E-state index in [2.05, 4.69) is 48.5 Å². The quantitative estimate of drug-likeness (QED) is 0.0420. The molecule has 2 fully saturated rings. The SMILES string of the molecule is CC[C@H]1/C2=C/c3[n-]c4c(c3C)C(=O)[C@H](C(=O)OC)/C4=C3/[N-]/C(=C\c4[n-]c(c(C(C)=O)c4C)/C=C(\[N-]2)[C@@H]1C)[C@@H](C)[C@@H]3CCC(=O)OC/C=C(\C)CCC[C@H](C)CCC[C@H](C)CCCC(C)C.[Mg+2]. The average molecular weight is 912 g/mol. The molecule has 0 amide bonds. The first-order valence-corrected chi connectivity index (χ1v) is 24.6. The summed E-state index contributed by atoms with van der Waals surface area (Å²) in [4.78, 5) is 64.7. The number of aromatic nitrogens is 2. The van der Waals surface area contributed by atoms with Gasteiger partial charge in [-0.1, -0.05) is 140 Å². The number of rotatable bonds is 20. The summed E-state index contributed by atoms with van der Waals surface area (Å²) in [7, 11) is 1.28. The van der Waals surface area contributed by atoms with Gasteiger partial charge in [0.15, 0.2) is 11.6 Å². The predicted molar refractivity (Wildman–Crippen MR) is 266 cm³/mol. The zero-order chi connectivity index (χ0) is 47.3. The molecule has 0 aromatic carbocycles. The summed E-state index contributed by atoms with van der Waals surface area (Å²) in [6, 6.07) is 0. The molecule has 7 atom stereocenters. The van der Waals surface area contributed by atoms with Crippen molar-refractivity contribution in [3.05, 3.63) is 90.1 Å². The van der Waals surface area contributed by atoms with Gasteiger partial charge in [-0.15, -0.1) is 22.8 Å². The molecule has 0 spiro atoms. The van der Waals surface area contributed by atoms with Crippen molar-refractivity contribution < 1.29 is 28.7 Å². The second-order valence-electron chi connectivity index (χ2n) is 20.2. The molecule has 2 aromatic rings. The fourth-order valence-corrected chi connectivity index (χ4v) is 10.6. The molecule has 2 aromatic heterocycles. The predicted octanol–water partition coefficient (Wildman–Crippen LogP) is 12.9. The molecule has 4 aliphatic rings. The number of nitrogens with zero attached hydrogens (tertiary/aromatic N) is 4. The standard InChI is InChI=1S/C55H76N4O6.Mg/c1-13-39-34(7)41-29-46-48(38(11)60)36(9)43(57-46)27-42-35(8)40(52(58-42)50-51(55(63)64-12)54(62)49-37(10)44(59-53(49)50)28-45(39)56-41)23-24-47(61)65-26-25-33(6)22-16-21-32(5)20-15-19-31(4)18-14-17-30(2)3;/h25,27-32,34-35,39-40,51H,13-24,26H2,1-12H3,(H2-2,56,57,58,59,60,62);/q-2;+2/p-2/b33-25+,42-27-,45-28-;/t31-,32-,34-,35+,39-,40+,51-;/m1./s1. The minimum absolute atomic E-state index is 0. The molecule has 11 heteroatoms. The van der Waals surface area contributed by atoms with E-state index in [-0.39, 0.29) is 77.3 Å². The summed E-state index contributed by atoms with van der Waals surface area (Å²) >= 11 is 0. The second-order valence-corrected chi connectivity index (χ2v) is 20.2. The molecule has 0 saturated carbocycles. The number of ketones is 2. The van der Waals surface area contributed by atoms with Crippen molar-refractivity contribution >= 4 is 70.4 Å². The molecule has 10 nitrogen and oxygen atoms in total. The van der Waals surface area contributed by atoms with Gasteiger partial charge in [-0.05, 0) is 94.5 Å². The van der Waals surface area contributed by atoms with E-state index in [1.54, 1.807) is 6.92 Å². The van der Waals surface area contributed by atoms with E-state index < -0.39 is 11.9 Å². The molecule has 2 saturated heterocycles. The normalized spacial score (nSPS) is 25.5. The summed E-state index contributed by atoms with van der Waals surface area (Å²) in [6.45, 7) is 23.3. The molecule has 1 aliphatic carbocycles. The second kappa shape index (κ2) is 23.3. The Balaban J connectivity index is 0.00000817. The Bertz CT molecular complexity index is 2280. The van der Waals surface area contributed by atoms with Crippen LogP contribution in [0.4, 0.5) is 0 Å². The number of hydrogen-bond donors (Lipinski definition) is 0. The Hall–Kier alpha value is -4.09. The summed E-state index contributed by atoms with van der Waals surface area (Å²) in [5, 5.41) is 10.3. The molecule has 6 rings (SSSR count). The molecule has 66 heavy (non-hydrogen) atoms. The number of carbonyl (C=O) groups excluding carboxylic acids is 4. The van der Waals surface area contributed by atoms with Crippen LogP contribution in [0.3, 0.4) is 0 Å². The maximum absolute atomic E-state index is 14.4. The third-order valence-electron chi connectivity index (χ3n) is 14.8. The monoisotopic (exact) mass is 911 g/mol. The Morgan fingerprint density at radius 2 is 1.35 bits per heavy atom. The largest absolute Gasteiger partial charge is 2.00 e. The molecular formula is C55H74MgN4O6-2. The van der Waals surface area contributed by atoms with Crippen LogP contribution in [0.25, 0.3) is 34.4 Å². The third kappa shape index (κ3) is 11.8. The molecule has 5 heterocycles. The Kier molecular flexibility index (Phi) is 18.6. The zero-order valence-corrected chi connectivity index (χ0v) is 43.5. The Labute approximate surface area is 411 Å². The number of ether oxygens (including phenoxy) is 2. The van der Waals surface area contributed by atoms with Crippen LogP contribution in [0.2, 0.25) is 0 Å². The number of fused-ring (bicyclic) bond motifs is 7. The minimum atomic E-state index is -1.25. The summed E-state index contributed by atoms with van der Waals surface area (Å²) in [6.07, 6.45) is 20.3. The van der Waals surface area contributed by atoms with Crippen LogP contribution in [0.5, 0.6) is 0 Å². The zero-order valence-electron chi connectivity index (χ0n) is 42.1. The van der Waals surface area contributed by atoms with Gasteiger partial charge in [-0.2, -0.15) is 22.8 Å². The Morgan fingerprint density at radius 3 is 1.98 bits per heavy atom. The van der Waals surface area contributed by atoms with Crippen LogP contribution in [-0.2, 0) is 19.1 Å². The van der Waals surface area contributed by atoms with Gasteiger partial charge in [0.05, 0.1) is 7.11 Å². The van der Waals surface area contributed by atoms with Gasteiger partial charge in [0.25, 0.3) is 0 Å². The Morgan fingerprint density at radius 1 is 0.758 bits per heavy atom. The number of hydrogen-bond acceptors (Lipinski definition) is 6. The van der Waals surface area contributed by atoms with Gasteiger partial charge in [-0.3, -0.25) is 19.2 Å². The first kappa shape index (κ1) is 52.9. The van der Waals surface area contributed by atoms with Crippen molar-refractivity contribution in [1.82, 2.24) is 9.97 Å². The van der Waals surface area contributed by atoms with Crippen LogP contribution in [0.15, 0.2) is 34.4 Å². The van der Waals surface area contributed by atoms with E-state index in [0.29, 0.717) is 68.8 Å². The fraction of sp³-hybridized carbons (Fsp3) is 0.600. The summed E-state index contributed by atoms with van der Waals surface area (Å²) in [5.74, 6) is -0.869. The van der Waals surface area contributed by atoms with Crippen LogP contribution < -0.4 is 9.97 Å². The van der Waals surface area contributed by atoms with Gasteiger partial charge < -0.3 is 30.1 Å². The van der Waals surface area contributed by atoms with Gasteiger partial charge in [0.1, 0.15) is 12.5 Å². The topological polar surface area (TPSA) is 143 Å².